The first kappa shape index (κ1) is 15.8. The Bertz CT molecular complexity index is 834. The fourth-order valence-corrected chi connectivity index (χ4v) is 3.45. The summed E-state index contributed by atoms with van der Waals surface area (Å²) in [5.74, 6) is -0.787. The van der Waals surface area contributed by atoms with E-state index in [1.807, 2.05) is 31.2 Å². The second kappa shape index (κ2) is 6.22. The quantitative estimate of drug-likeness (QED) is 0.595. The highest BCUT2D eigenvalue weighted by molar-refractivity contribution is 9.10. The van der Waals surface area contributed by atoms with Crippen LogP contribution in [0.4, 0.5) is 0 Å². The fourth-order valence-electron chi connectivity index (χ4n) is 2.07. The molecule has 0 radical (unpaired) electrons. The fraction of sp³-hybridized carbons (Fsp3) is 0.0588. The third-order valence-electron chi connectivity index (χ3n) is 3.28. The molecule has 0 saturated carbocycles. The molecular formula is C17H12BrNO3S. The highest BCUT2D eigenvalue weighted by Gasteiger charge is 2.23. The van der Waals surface area contributed by atoms with Crippen molar-refractivity contribution in [2.75, 3.05) is 0 Å². The van der Waals surface area contributed by atoms with E-state index in [1.165, 1.54) is 17.8 Å². The first-order valence-corrected chi connectivity index (χ1v) is 8.36. The van der Waals surface area contributed by atoms with Crippen molar-refractivity contribution >= 4 is 44.7 Å². The lowest BCUT2D eigenvalue weighted by molar-refractivity contribution is -0.113. The maximum absolute atomic E-state index is 12.1. The lowest BCUT2D eigenvalue weighted by Crippen LogP contribution is -1.90. The van der Waals surface area contributed by atoms with Crippen molar-refractivity contribution in [2.45, 2.75) is 6.92 Å². The number of aliphatic imine (C=N–C) groups is 1. The number of nitrogens with zero attached hydrogens (tertiary/aromatic N) is 1. The molecule has 1 aliphatic heterocycles. The van der Waals surface area contributed by atoms with Crippen LogP contribution in [0.1, 0.15) is 16.7 Å². The minimum Gasteiger partial charge on any atom is -0.504 e. The number of thioether (sulfide) groups is 1. The van der Waals surface area contributed by atoms with Crippen LogP contribution in [0.3, 0.4) is 0 Å². The SMILES string of the molecule is Cc1ccc(C2=NC(=O)/C(=C\c3cc(O)c(O)c(Br)c3)S2)cc1. The van der Waals surface area contributed by atoms with Crippen LogP contribution < -0.4 is 0 Å². The highest BCUT2D eigenvalue weighted by atomic mass is 79.9. The van der Waals surface area contributed by atoms with Crippen molar-refractivity contribution in [3.8, 4) is 11.5 Å². The standard InChI is InChI=1S/C17H12BrNO3S/c1-9-2-4-11(5-3-9)17-19-16(22)14(23-17)8-10-6-12(18)15(21)13(20)7-10/h2-8,20-21H,1H3/b14-8+. The molecule has 2 aromatic carbocycles. The van der Waals surface area contributed by atoms with E-state index in [-0.39, 0.29) is 17.4 Å². The molecule has 0 atom stereocenters. The molecular weight excluding hydrogens is 378 g/mol. The van der Waals surface area contributed by atoms with Gasteiger partial charge in [-0.25, -0.2) is 4.99 Å². The molecule has 0 aromatic heterocycles. The minimum atomic E-state index is -0.311. The smallest absolute Gasteiger partial charge is 0.284 e. The number of phenolic OH excluding ortho intramolecular Hbond substituents is 2. The maximum Gasteiger partial charge on any atom is 0.284 e. The number of halogens is 1. The van der Waals surface area contributed by atoms with Gasteiger partial charge in [-0.1, -0.05) is 41.6 Å². The van der Waals surface area contributed by atoms with E-state index in [2.05, 4.69) is 20.9 Å². The van der Waals surface area contributed by atoms with Crippen LogP contribution in [-0.4, -0.2) is 21.2 Å². The van der Waals surface area contributed by atoms with E-state index >= 15 is 0 Å². The van der Waals surface area contributed by atoms with Gasteiger partial charge in [-0.05, 0) is 46.6 Å². The lowest BCUT2D eigenvalue weighted by Gasteiger charge is -2.03. The number of rotatable bonds is 2. The molecule has 0 aliphatic carbocycles. The molecule has 1 heterocycles. The number of carbonyl (C=O) groups excluding carboxylic acids is 1. The molecule has 116 valence electrons. The summed E-state index contributed by atoms with van der Waals surface area (Å²) in [4.78, 5) is 16.6. The van der Waals surface area contributed by atoms with Crippen molar-refractivity contribution in [3.05, 3.63) is 62.5 Å². The molecule has 3 rings (SSSR count). The van der Waals surface area contributed by atoms with E-state index in [0.717, 1.165) is 11.1 Å². The van der Waals surface area contributed by atoms with Crippen LogP contribution >= 0.6 is 27.7 Å². The molecule has 1 aliphatic rings. The monoisotopic (exact) mass is 389 g/mol. The Morgan fingerprint density at radius 1 is 1.17 bits per heavy atom. The molecule has 2 N–H and O–H groups in total. The summed E-state index contributed by atoms with van der Waals surface area (Å²) in [7, 11) is 0. The molecule has 2 aromatic rings. The van der Waals surface area contributed by atoms with Crippen molar-refractivity contribution in [2.24, 2.45) is 4.99 Å². The van der Waals surface area contributed by atoms with Crippen LogP contribution in [0.25, 0.3) is 6.08 Å². The molecule has 1 amide bonds. The van der Waals surface area contributed by atoms with Crippen molar-refractivity contribution < 1.29 is 15.0 Å². The van der Waals surface area contributed by atoms with E-state index in [1.54, 1.807) is 12.1 Å². The Morgan fingerprint density at radius 2 is 1.87 bits per heavy atom. The summed E-state index contributed by atoms with van der Waals surface area (Å²) in [5.41, 5.74) is 2.64. The minimum absolute atomic E-state index is 0.228. The Balaban J connectivity index is 1.89. The zero-order valence-electron chi connectivity index (χ0n) is 12.1. The first-order valence-electron chi connectivity index (χ1n) is 6.75. The molecule has 4 nitrogen and oxygen atoms in total. The average Bonchev–Trinajstić information content (AvgIpc) is 2.86. The predicted octanol–water partition coefficient (Wildman–Crippen LogP) is 4.23. The molecule has 23 heavy (non-hydrogen) atoms. The Morgan fingerprint density at radius 3 is 2.52 bits per heavy atom. The van der Waals surface area contributed by atoms with Gasteiger partial charge < -0.3 is 10.2 Å². The molecule has 0 unspecified atom stereocenters. The number of phenols is 2. The number of amides is 1. The Hall–Kier alpha value is -2.05. The van der Waals surface area contributed by atoms with Gasteiger partial charge in [0.25, 0.3) is 5.91 Å². The van der Waals surface area contributed by atoms with Gasteiger partial charge in [-0.15, -0.1) is 0 Å². The van der Waals surface area contributed by atoms with E-state index < -0.39 is 0 Å². The second-order valence-electron chi connectivity index (χ2n) is 5.07. The van der Waals surface area contributed by atoms with Crippen LogP contribution in [0.5, 0.6) is 11.5 Å². The molecule has 0 saturated heterocycles. The van der Waals surface area contributed by atoms with Gasteiger partial charge in [-0.3, -0.25) is 4.79 Å². The largest absolute Gasteiger partial charge is 0.504 e. The number of carbonyl (C=O) groups is 1. The summed E-state index contributed by atoms with van der Waals surface area (Å²) < 4.78 is 0.361. The topological polar surface area (TPSA) is 69.9 Å². The predicted molar refractivity (Wildman–Crippen MR) is 95.8 cm³/mol. The summed E-state index contributed by atoms with van der Waals surface area (Å²) in [6, 6.07) is 10.8. The Labute approximate surface area is 145 Å². The second-order valence-corrected chi connectivity index (χ2v) is 6.95. The van der Waals surface area contributed by atoms with Crippen LogP contribution in [0, 0.1) is 6.92 Å². The van der Waals surface area contributed by atoms with Crippen molar-refractivity contribution in [1.82, 2.24) is 0 Å². The highest BCUT2D eigenvalue weighted by Crippen LogP contribution is 2.37. The number of aromatic hydroxyl groups is 2. The molecule has 6 heteroatoms. The van der Waals surface area contributed by atoms with Crippen LogP contribution in [0.2, 0.25) is 0 Å². The van der Waals surface area contributed by atoms with Gasteiger partial charge in [0.05, 0.1) is 9.38 Å². The van der Waals surface area contributed by atoms with Crippen molar-refractivity contribution in [1.29, 1.82) is 0 Å². The van der Waals surface area contributed by atoms with Crippen LogP contribution in [0.15, 0.2) is 50.8 Å². The number of aryl methyl sites for hydroxylation is 1. The summed E-state index contributed by atoms with van der Waals surface area (Å²) in [6.07, 6.45) is 1.64. The van der Waals surface area contributed by atoms with E-state index in [4.69, 9.17) is 0 Å². The third kappa shape index (κ3) is 3.33. The number of benzene rings is 2. The lowest BCUT2D eigenvalue weighted by atomic mass is 10.2. The number of hydrogen-bond donors (Lipinski definition) is 2. The number of hydrogen-bond acceptors (Lipinski definition) is 4. The molecule has 0 spiro atoms. The zero-order valence-corrected chi connectivity index (χ0v) is 14.5. The normalized spacial score (nSPS) is 16.0. The van der Waals surface area contributed by atoms with E-state index in [0.29, 0.717) is 20.0 Å². The van der Waals surface area contributed by atoms with Gasteiger partial charge in [0, 0.05) is 5.56 Å². The third-order valence-corrected chi connectivity index (χ3v) is 4.92. The van der Waals surface area contributed by atoms with Gasteiger partial charge in [0.15, 0.2) is 11.5 Å². The Kier molecular flexibility index (Phi) is 4.28. The van der Waals surface area contributed by atoms with Crippen LogP contribution in [-0.2, 0) is 4.79 Å². The summed E-state index contributed by atoms with van der Waals surface area (Å²) in [5, 5.41) is 19.8. The first-order chi connectivity index (χ1) is 10.9. The molecule has 0 fully saturated rings. The van der Waals surface area contributed by atoms with Crippen molar-refractivity contribution in [3.63, 3.8) is 0 Å². The van der Waals surface area contributed by atoms with E-state index in [9.17, 15) is 15.0 Å². The zero-order chi connectivity index (χ0) is 16.6. The molecule has 0 bridgehead atoms. The average molecular weight is 390 g/mol. The van der Waals surface area contributed by atoms with Gasteiger partial charge in [-0.2, -0.15) is 0 Å². The summed E-state index contributed by atoms with van der Waals surface area (Å²) >= 11 is 4.45. The maximum atomic E-state index is 12.1. The van der Waals surface area contributed by atoms with Gasteiger partial charge in [0.1, 0.15) is 5.04 Å². The van der Waals surface area contributed by atoms with Gasteiger partial charge in [0.2, 0.25) is 0 Å². The van der Waals surface area contributed by atoms with Gasteiger partial charge >= 0.3 is 0 Å². The summed E-state index contributed by atoms with van der Waals surface area (Å²) in [6.45, 7) is 2.00.